The molecule has 3 atom stereocenters. The summed E-state index contributed by atoms with van der Waals surface area (Å²) in [4.78, 5) is 12.5. The van der Waals surface area contributed by atoms with Crippen LogP contribution >= 0.6 is 0 Å². The van der Waals surface area contributed by atoms with Crippen molar-refractivity contribution in [3.05, 3.63) is 17.0 Å². The normalized spacial score (nSPS) is 29.8. The fourth-order valence-electron chi connectivity index (χ4n) is 3.52. The number of carbonyl (C=O) groups is 1. The van der Waals surface area contributed by atoms with Crippen LogP contribution in [-0.4, -0.2) is 17.1 Å². The number of carbonyl (C=O) groups excluding carboxylic acids is 1. The Kier molecular flexibility index (Phi) is 3.81. The van der Waals surface area contributed by atoms with Crippen molar-refractivity contribution in [2.75, 3.05) is 0 Å². The molecule has 20 heavy (non-hydrogen) atoms. The molecule has 0 radical (unpaired) electrons. The molecule has 1 heterocycles. The summed E-state index contributed by atoms with van der Waals surface area (Å²) in [6.07, 6.45) is 7.75. The Morgan fingerprint density at radius 1 is 1.25 bits per heavy atom. The predicted molar refractivity (Wildman–Crippen MR) is 76.6 cm³/mol. The molecule has 3 rings (SSSR count). The molecule has 4 nitrogen and oxygen atoms in total. The number of aryl methyl sites for hydroxylation is 1. The number of amides is 1. The Labute approximate surface area is 120 Å². The van der Waals surface area contributed by atoms with E-state index in [-0.39, 0.29) is 5.91 Å². The second kappa shape index (κ2) is 5.58. The van der Waals surface area contributed by atoms with Crippen molar-refractivity contribution in [2.45, 2.75) is 64.8 Å². The summed E-state index contributed by atoms with van der Waals surface area (Å²) in [5.41, 5.74) is 1.58. The van der Waals surface area contributed by atoms with Crippen LogP contribution in [0.3, 0.4) is 0 Å². The van der Waals surface area contributed by atoms with Crippen LogP contribution in [0, 0.1) is 11.8 Å². The molecule has 1 N–H and O–H groups in total. The van der Waals surface area contributed by atoms with Gasteiger partial charge in [0.2, 0.25) is 0 Å². The molecule has 0 aliphatic heterocycles. The van der Waals surface area contributed by atoms with E-state index in [0.29, 0.717) is 23.6 Å². The summed E-state index contributed by atoms with van der Waals surface area (Å²) in [5, 5.41) is 7.21. The van der Waals surface area contributed by atoms with Gasteiger partial charge in [0.05, 0.1) is 0 Å². The average molecular weight is 276 g/mol. The van der Waals surface area contributed by atoms with Crippen LogP contribution in [-0.2, 0) is 12.8 Å². The minimum Gasteiger partial charge on any atom is -0.360 e. The van der Waals surface area contributed by atoms with E-state index in [2.05, 4.69) is 24.3 Å². The predicted octanol–water partition coefficient (Wildman–Crippen LogP) is 3.11. The van der Waals surface area contributed by atoms with Crippen LogP contribution in [0.5, 0.6) is 0 Å². The Hall–Kier alpha value is -1.32. The third-order valence-electron chi connectivity index (χ3n) is 4.93. The maximum atomic E-state index is 12.5. The monoisotopic (exact) mass is 276 g/mol. The quantitative estimate of drug-likeness (QED) is 0.903. The van der Waals surface area contributed by atoms with E-state index >= 15 is 0 Å². The topological polar surface area (TPSA) is 55.1 Å². The van der Waals surface area contributed by atoms with E-state index in [1.807, 2.05) is 0 Å². The molecule has 4 heteroatoms. The summed E-state index contributed by atoms with van der Waals surface area (Å²) >= 11 is 0. The Balaban J connectivity index is 1.73. The van der Waals surface area contributed by atoms with Gasteiger partial charge in [0.1, 0.15) is 5.76 Å². The molecule has 0 aromatic carbocycles. The average Bonchev–Trinajstić information content (AvgIpc) is 2.84. The minimum atomic E-state index is -0.0390. The lowest BCUT2D eigenvalue weighted by Crippen LogP contribution is -2.41. The number of hydrogen-bond acceptors (Lipinski definition) is 3. The van der Waals surface area contributed by atoms with Gasteiger partial charge in [-0.15, -0.1) is 0 Å². The zero-order valence-electron chi connectivity index (χ0n) is 12.4. The van der Waals surface area contributed by atoms with Crippen LogP contribution in [0.25, 0.3) is 0 Å². The van der Waals surface area contributed by atoms with E-state index in [1.54, 1.807) is 0 Å². The van der Waals surface area contributed by atoms with Gasteiger partial charge in [0.15, 0.2) is 5.69 Å². The number of nitrogens with one attached hydrogen (secondary N) is 1. The van der Waals surface area contributed by atoms with Crippen molar-refractivity contribution < 1.29 is 9.32 Å². The van der Waals surface area contributed by atoms with Gasteiger partial charge < -0.3 is 9.84 Å². The van der Waals surface area contributed by atoms with Gasteiger partial charge in [-0.1, -0.05) is 31.8 Å². The number of fused-ring (bicyclic) bond motifs is 1. The van der Waals surface area contributed by atoms with Crippen LogP contribution in [0.2, 0.25) is 0 Å². The van der Waals surface area contributed by atoms with Gasteiger partial charge >= 0.3 is 0 Å². The summed E-state index contributed by atoms with van der Waals surface area (Å²) in [7, 11) is 0. The Morgan fingerprint density at radius 3 is 2.85 bits per heavy atom. The van der Waals surface area contributed by atoms with Gasteiger partial charge in [-0.25, -0.2) is 0 Å². The molecule has 110 valence electrons. The lowest BCUT2D eigenvalue weighted by Gasteiger charge is -2.29. The van der Waals surface area contributed by atoms with Crippen LogP contribution in [0.1, 0.15) is 67.8 Å². The lowest BCUT2D eigenvalue weighted by atomic mass is 9.85. The van der Waals surface area contributed by atoms with Crippen molar-refractivity contribution in [1.29, 1.82) is 0 Å². The zero-order chi connectivity index (χ0) is 14.1. The highest BCUT2D eigenvalue weighted by atomic mass is 16.5. The largest absolute Gasteiger partial charge is 0.360 e. The fraction of sp³-hybridized carbons (Fsp3) is 0.750. The molecule has 1 amide bonds. The molecule has 0 saturated heterocycles. The minimum absolute atomic E-state index is 0.0390. The Bertz CT molecular complexity index is 495. The van der Waals surface area contributed by atoms with E-state index in [1.165, 1.54) is 19.3 Å². The first-order valence-corrected chi connectivity index (χ1v) is 7.93. The number of nitrogens with zero attached hydrogens (tertiary/aromatic N) is 1. The van der Waals surface area contributed by atoms with E-state index in [0.717, 1.165) is 37.0 Å². The second-order valence-electron chi connectivity index (χ2n) is 6.62. The van der Waals surface area contributed by atoms with Crippen molar-refractivity contribution in [3.8, 4) is 0 Å². The molecule has 1 aromatic rings. The number of hydrogen-bond donors (Lipinski definition) is 1. The van der Waals surface area contributed by atoms with Crippen molar-refractivity contribution >= 4 is 5.91 Å². The zero-order valence-corrected chi connectivity index (χ0v) is 12.4. The molecular weight excluding hydrogens is 252 g/mol. The first kappa shape index (κ1) is 13.7. The maximum Gasteiger partial charge on any atom is 0.273 e. The van der Waals surface area contributed by atoms with Gasteiger partial charge in [0, 0.05) is 18.0 Å². The highest BCUT2D eigenvalue weighted by molar-refractivity contribution is 5.94. The number of rotatable bonds is 2. The molecule has 1 aromatic heterocycles. The molecule has 0 spiro atoms. The molecule has 0 unspecified atom stereocenters. The third kappa shape index (κ3) is 2.60. The van der Waals surface area contributed by atoms with E-state index in [4.69, 9.17) is 4.52 Å². The standard InChI is InChI=1S/C16H24N2O2/c1-10-7-8-14-12(9-10)15(18-20-14)16(19)17-13-6-4-3-5-11(13)2/h10-11,13H,3-9H2,1-2H3,(H,17,19)/t10-,11-,13-/m1/s1. The molecular formula is C16H24N2O2. The van der Waals surface area contributed by atoms with Gasteiger partial charge in [-0.3, -0.25) is 4.79 Å². The van der Waals surface area contributed by atoms with E-state index in [9.17, 15) is 4.79 Å². The van der Waals surface area contributed by atoms with Gasteiger partial charge in [-0.2, -0.15) is 0 Å². The van der Waals surface area contributed by atoms with Crippen LogP contribution in [0.15, 0.2) is 4.52 Å². The Morgan fingerprint density at radius 2 is 2.05 bits per heavy atom. The lowest BCUT2D eigenvalue weighted by molar-refractivity contribution is 0.0900. The first-order valence-electron chi connectivity index (χ1n) is 7.93. The highest BCUT2D eigenvalue weighted by Crippen LogP contribution is 2.29. The first-order chi connectivity index (χ1) is 9.65. The second-order valence-corrected chi connectivity index (χ2v) is 6.62. The fourth-order valence-corrected chi connectivity index (χ4v) is 3.52. The smallest absolute Gasteiger partial charge is 0.273 e. The molecule has 2 aliphatic rings. The summed E-state index contributed by atoms with van der Waals surface area (Å²) in [5.74, 6) is 2.06. The number of aromatic nitrogens is 1. The van der Waals surface area contributed by atoms with Crippen molar-refractivity contribution in [2.24, 2.45) is 11.8 Å². The molecule has 0 bridgehead atoms. The molecule has 1 saturated carbocycles. The third-order valence-corrected chi connectivity index (χ3v) is 4.93. The van der Waals surface area contributed by atoms with Gasteiger partial charge in [-0.05, 0) is 37.5 Å². The van der Waals surface area contributed by atoms with Crippen LogP contribution < -0.4 is 5.32 Å². The van der Waals surface area contributed by atoms with Crippen molar-refractivity contribution in [1.82, 2.24) is 10.5 Å². The van der Waals surface area contributed by atoms with Gasteiger partial charge in [0.25, 0.3) is 5.91 Å². The van der Waals surface area contributed by atoms with Crippen molar-refractivity contribution in [3.63, 3.8) is 0 Å². The summed E-state index contributed by atoms with van der Waals surface area (Å²) in [6, 6.07) is 0.296. The molecule has 1 fully saturated rings. The molecule has 2 aliphatic carbocycles. The summed E-state index contributed by atoms with van der Waals surface area (Å²) < 4.78 is 5.36. The SMILES string of the molecule is C[C@@H]1CCc2onc(C(=O)N[C@@H]3CCCC[C@H]3C)c2C1. The summed E-state index contributed by atoms with van der Waals surface area (Å²) in [6.45, 7) is 4.45. The maximum absolute atomic E-state index is 12.5. The van der Waals surface area contributed by atoms with Crippen LogP contribution in [0.4, 0.5) is 0 Å². The van der Waals surface area contributed by atoms with E-state index < -0.39 is 0 Å². The highest BCUT2D eigenvalue weighted by Gasteiger charge is 2.29.